The zero-order valence-electron chi connectivity index (χ0n) is 7.31. The summed E-state index contributed by atoms with van der Waals surface area (Å²) >= 11 is 0. The predicted molar refractivity (Wildman–Crippen MR) is 43.7 cm³/mol. The Bertz CT molecular complexity index is 338. The zero-order valence-corrected chi connectivity index (χ0v) is 7.31. The first-order valence-electron chi connectivity index (χ1n) is 3.66. The predicted octanol–water partition coefficient (Wildman–Crippen LogP) is 1.28. The van der Waals surface area contributed by atoms with E-state index in [1.165, 1.54) is 20.2 Å². The molecule has 0 unspecified atom stereocenters. The van der Waals surface area contributed by atoms with E-state index in [0.717, 1.165) is 0 Å². The first-order chi connectivity index (χ1) is 5.43. The van der Waals surface area contributed by atoms with E-state index in [4.69, 9.17) is 0 Å². The van der Waals surface area contributed by atoms with Crippen molar-refractivity contribution in [3.63, 3.8) is 0 Å². The van der Waals surface area contributed by atoms with Gasteiger partial charge in [-0.05, 0) is 20.8 Å². The van der Waals surface area contributed by atoms with Crippen molar-refractivity contribution in [1.29, 1.82) is 0 Å². The second-order valence-corrected chi connectivity index (χ2v) is 3.18. The van der Waals surface area contributed by atoms with Crippen molar-refractivity contribution in [3.05, 3.63) is 27.9 Å². The molecule has 1 aromatic heterocycles. The normalized spacial score (nSPS) is 11.7. The molecule has 0 aliphatic heterocycles. The van der Waals surface area contributed by atoms with Crippen molar-refractivity contribution in [1.82, 2.24) is 9.97 Å². The van der Waals surface area contributed by atoms with E-state index in [-0.39, 0.29) is 11.3 Å². The topological polar surface area (TPSA) is 45.8 Å². The molecule has 1 N–H and O–H groups in total. The van der Waals surface area contributed by atoms with Gasteiger partial charge in [-0.2, -0.15) is 0 Å². The van der Waals surface area contributed by atoms with Crippen molar-refractivity contribution in [2.24, 2.45) is 0 Å². The highest BCUT2D eigenvalue weighted by molar-refractivity contribution is 5.19. The molecule has 0 atom stereocenters. The fraction of sp³-hybridized carbons (Fsp3) is 0.500. The second-order valence-electron chi connectivity index (χ2n) is 3.18. The van der Waals surface area contributed by atoms with Crippen LogP contribution in [0.4, 0.5) is 4.39 Å². The molecule has 0 amide bonds. The summed E-state index contributed by atoms with van der Waals surface area (Å²) in [4.78, 5) is 17.2. The lowest BCUT2D eigenvalue weighted by Gasteiger charge is -2.14. The van der Waals surface area contributed by atoms with Gasteiger partial charge in [0.05, 0.1) is 12.0 Å². The van der Waals surface area contributed by atoms with Crippen LogP contribution in [0.25, 0.3) is 0 Å². The lowest BCUT2D eigenvalue weighted by molar-refractivity contribution is 0.212. The van der Waals surface area contributed by atoms with Crippen LogP contribution in [0.3, 0.4) is 0 Å². The molecule has 4 heteroatoms. The quantitative estimate of drug-likeness (QED) is 0.690. The minimum Gasteiger partial charge on any atom is -0.313 e. The van der Waals surface area contributed by atoms with Crippen molar-refractivity contribution in [2.45, 2.75) is 26.4 Å². The Balaban J connectivity index is 3.36. The number of alkyl halides is 1. The fourth-order valence-corrected chi connectivity index (χ4v) is 1.07. The molecule has 0 bridgehead atoms. The maximum Gasteiger partial charge on any atom is 0.253 e. The van der Waals surface area contributed by atoms with Gasteiger partial charge in [0, 0.05) is 5.56 Å². The summed E-state index contributed by atoms with van der Waals surface area (Å²) in [7, 11) is 0. The van der Waals surface area contributed by atoms with Crippen LogP contribution >= 0.6 is 0 Å². The number of rotatable bonds is 1. The highest BCUT2D eigenvalue weighted by atomic mass is 19.1. The lowest BCUT2D eigenvalue weighted by Crippen LogP contribution is -2.21. The molecule has 0 spiro atoms. The Morgan fingerprint density at radius 3 is 2.58 bits per heavy atom. The Morgan fingerprint density at radius 2 is 2.17 bits per heavy atom. The van der Waals surface area contributed by atoms with Crippen LogP contribution in [0.5, 0.6) is 0 Å². The first kappa shape index (κ1) is 8.90. The van der Waals surface area contributed by atoms with E-state index >= 15 is 0 Å². The number of hydrogen-bond donors (Lipinski definition) is 1. The molecule has 0 aromatic carbocycles. The van der Waals surface area contributed by atoms with Gasteiger partial charge < -0.3 is 4.98 Å². The van der Waals surface area contributed by atoms with Crippen LogP contribution in [0.15, 0.2) is 11.1 Å². The number of nitrogens with one attached hydrogen (secondary N) is 1. The van der Waals surface area contributed by atoms with E-state index in [1.54, 1.807) is 6.92 Å². The van der Waals surface area contributed by atoms with Crippen LogP contribution in [0, 0.1) is 6.92 Å². The van der Waals surface area contributed by atoms with E-state index in [9.17, 15) is 9.18 Å². The summed E-state index contributed by atoms with van der Waals surface area (Å²) in [5, 5.41) is 0. The number of aromatic amines is 1. The monoisotopic (exact) mass is 170 g/mol. The SMILES string of the molecule is Cc1c(C(C)(C)F)nc[nH]c1=O. The first-order valence-corrected chi connectivity index (χ1v) is 3.66. The van der Waals surface area contributed by atoms with Gasteiger partial charge in [-0.15, -0.1) is 0 Å². The number of hydrogen-bond acceptors (Lipinski definition) is 2. The number of nitrogens with zero attached hydrogens (tertiary/aromatic N) is 1. The van der Waals surface area contributed by atoms with Crippen LogP contribution in [-0.4, -0.2) is 9.97 Å². The van der Waals surface area contributed by atoms with Gasteiger partial charge >= 0.3 is 0 Å². The molecule has 0 radical (unpaired) electrons. The Morgan fingerprint density at radius 1 is 1.58 bits per heavy atom. The van der Waals surface area contributed by atoms with Gasteiger partial charge in [-0.25, -0.2) is 9.37 Å². The molecule has 1 aromatic rings. The van der Waals surface area contributed by atoms with Crippen molar-refractivity contribution in [2.75, 3.05) is 0 Å². The highest BCUT2D eigenvalue weighted by Gasteiger charge is 2.23. The van der Waals surface area contributed by atoms with Gasteiger partial charge in [0.25, 0.3) is 5.56 Å². The van der Waals surface area contributed by atoms with Gasteiger partial charge in [0.15, 0.2) is 0 Å². The average Bonchev–Trinajstić information content (AvgIpc) is 1.92. The van der Waals surface area contributed by atoms with Gasteiger partial charge in [-0.3, -0.25) is 4.79 Å². The largest absolute Gasteiger partial charge is 0.313 e. The van der Waals surface area contributed by atoms with Gasteiger partial charge in [0.1, 0.15) is 5.67 Å². The summed E-state index contributed by atoms with van der Waals surface area (Å²) in [5.41, 5.74) is -1.31. The third-order valence-corrected chi connectivity index (χ3v) is 1.65. The van der Waals surface area contributed by atoms with E-state index in [0.29, 0.717) is 5.56 Å². The standard InChI is InChI=1S/C8H11FN2O/c1-5-6(8(2,3)9)10-4-11-7(5)12/h4H,1-3H3,(H,10,11,12). The van der Waals surface area contributed by atoms with E-state index in [2.05, 4.69) is 9.97 Å². The maximum atomic E-state index is 13.3. The van der Waals surface area contributed by atoms with Crippen molar-refractivity contribution >= 4 is 0 Å². The third-order valence-electron chi connectivity index (χ3n) is 1.65. The number of halogens is 1. The molecule has 1 rings (SSSR count). The van der Waals surface area contributed by atoms with Crippen LogP contribution in [0.2, 0.25) is 0 Å². The molecule has 12 heavy (non-hydrogen) atoms. The van der Waals surface area contributed by atoms with E-state index < -0.39 is 5.67 Å². The van der Waals surface area contributed by atoms with E-state index in [1.807, 2.05) is 0 Å². The molecule has 0 saturated carbocycles. The molecular formula is C8H11FN2O. The van der Waals surface area contributed by atoms with Crippen molar-refractivity contribution < 1.29 is 4.39 Å². The zero-order chi connectivity index (χ0) is 9.35. The molecular weight excluding hydrogens is 159 g/mol. The average molecular weight is 170 g/mol. The summed E-state index contributed by atoms with van der Waals surface area (Å²) in [6.45, 7) is 4.31. The van der Waals surface area contributed by atoms with Crippen molar-refractivity contribution in [3.8, 4) is 0 Å². The van der Waals surface area contributed by atoms with Crippen LogP contribution < -0.4 is 5.56 Å². The van der Waals surface area contributed by atoms with Crippen LogP contribution in [-0.2, 0) is 5.67 Å². The Labute approximate surface area is 69.7 Å². The molecule has 66 valence electrons. The minimum absolute atomic E-state index is 0.200. The second kappa shape index (κ2) is 2.69. The summed E-state index contributed by atoms with van der Waals surface area (Å²) < 4.78 is 13.3. The van der Waals surface area contributed by atoms with Gasteiger partial charge in [0.2, 0.25) is 0 Å². The fourth-order valence-electron chi connectivity index (χ4n) is 1.07. The molecule has 0 fully saturated rings. The minimum atomic E-state index is -1.56. The molecule has 3 nitrogen and oxygen atoms in total. The number of H-pyrrole nitrogens is 1. The third kappa shape index (κ3) is 1.52. The lowest BCUT2D eigenvalue weighted by atomic mass is 10.0. The summed E-state index contributed by atoms with van der Waals surface area (Å²) in [6, 6.07) is 0. The summed E-state index contributed by atoms with van der Waals surface area (Å²) in [6.07, 6.45) is 1.21. The van der Waals surface area contributed by atoms with Crippen LogP contribution in [0.1, 0.15) is 25.1 Å². The Hall–Kier alpha value is -1.19. The molecule has 0 saturated heterocycles. The summed E-state index contributed by atoms with van der Waals surface area (Å²) in [5.74, 6) is 0. The Kier molecular flexibility index (Phi) is 2.00. The smallest absolute Gasteiger partial charge is 0.253 e. The number of aromatic nitrogens is 2. The highest BCUT2D eigenvalue weighted by Crippen LogP contribution is 2.22. The van der Waals surface area contributed by atoms with Gasteiger partial charge in [-0.1, -0.05) is 0 Å². The maximum absolute atomic E-state index is 13.3. The molecule has 0 aliphatic rings. The molecule has 1 heterocycles. The molecule has 0 aliphatic carbocycles.